The molecule has 0 unspecified atom stereocenters. The Morgan fingerprint density at radius 3 is 2.28 bits per heavy atom. The minimum Gasteiger partial charge on any atom is -0.481 e. The third-order valence-electron chi connectivity index (χ3n) is 3.08. The lowest BCUT2D eigenvalue weighted by atomic mass is 9.74. The molecule has 0 aromatic heterocycles. The third kappa shape index (κ3) is 3.90. The molecule has 0 aromatic carbocycles. The van der Waals surface area contributed by atoms with Crippen molar-refractivity contribution in [1.82, 2.24) is 15.5 Å². The van der Waals surface area contributed by atoms with Crippen LogP contribution in [0.15, 0.2) is 0 Å². The number of likely N-dealkylation sites (N-methyl/N-ethyl adjacent to an activating group) is 1. The van der Waals surface area contributed by atoms with E-state index in [2.05, 4.69) is 10.6 Å². The molecule has 102 valence electrons. The van der Waals surface area contributed by atoms with E-state index in [4.69, 9.17) is 5.11 Å². The summed E-state index contributed by atoms with van der Waals surface area (Å²) in [6.07, 6.45) is 2.15. The highest BCUT2D eigenvalue weighted by atomic mass is 16.4. The highest BCUT2D eigenvalue weighted by molar-refractivity contribution is 5.84. The van der Waals surface area contributed by atoms with Crippen molar-refractivity contribution in [1.29, 1.82) is 0 Å². The molecule has 3 N–H and O–H groups in total. The van der Waals surface area contributed by atoms with Crippen molar-refractivity contribution in [2.45, 2.75) is 31.2 Å². The predicted octanol–water partition coefficient (Wildman–Crippen LogP) is -0.229. The summed E-state index contributed by atoms with van der Waals surface area (Å²) >= 11 is 0. The van der Waals surface area contributed by atoms with Gasteiger partial charge in [-0.05, 0) is 19.3 Å². The number of carboxylic acid groups (broad SMARTS) is 1. The molecule has 0 bridgehead atoms. The van der Waals surface area contributed by atoms with E-state index in [9.17, 15) is 14.4 Å². The molecule has 1 rings (SSSR count). The van der Waals surface area contributed by atoms with Crippen LogP contribution in [0.2, 0.25) is 0 Å². The normalized spacial score (nSPS) is 16.3. The van der Waals surface area contributed by atoms with Crippen molar-refractivity contribution < 1.29 is 19.5 Å². The maximum Gasteiger partial charge on any atom is 0.315 e. The Bertz CT molecular complexity index is 350. The summed E-state index contributed by atoms with van der Waals surface area (Å²) in [4.78, 5) is 34.9. The monoisotopic (exact) mass is 257 g/mol. The predicted molar refractivity (Wildman–Crippen MR) is 64.1 cm³/mol. The number of urea groups is 1. The Morgan fingerprint density at radius 2 is 1.89 bits per heavy atom. The average Bonchev–Trinajstić information content (AvgIpc) is 2.21. The molecular formula is C11H19N3O4. The molecule has 0 aromatic rings. The van der Waals surface area contributed by atoms with Crippen LogP contribution in [0.1, 0.15) is 25.7 Å². The molecule has 0 radical (unpaired) electrons. The number of aliphatic carboxylic acids is 1. The van der Waals surface area contributed by atoms with Crippen LogP contribution in [-0.2, 0) is 9.59 Å². The van der Waals surface area contributed by atoms with Crippen molar-refractivity contribution >= 4 is 17.9 Å². The first kappa shape index (κ1) is 14.3. The maximum atomic E-state index is 11.6. The molecule has 1 fully saturated rings. The first-order valence-corrected chi connectivity index (χ1v) is 5.83. The molecular weight excluding hydrogens is 238 g/mol. The van der Waals surface area contributed by atoms with E-state index in [1.54, 1.807) is 14.1 Å². The summed E-state index contributed by atoms with van der Waals surface area (Å²) in [6, 6.07) is -0.494. The molecule has 18 heavy (non-hydrogen) atoms. The molecule has 0 spiro atoms. The van der Waals surface area contributed by atoms with Crippen LogP contribution >= 0.6 is 0 Å². The van der Waals surface area contributed by atoms with Gasteiger partial charge in [0, 0.05) is 14.1 Å². The first-order valence-electron chi connectivity index (χ1n) is 5.83. The van der Waals surface area contributed by atoms with Gasteiger partial charge >= 0.3 is 12.0 Å². The second-order valence-corrected chi connectivity index (χ2v) is 4.80. The standard InChI is InChI=1S/C11H19N3O4/c1-14(2)8(15)7-12-10(18)13-11(4-3-5-11)6-9(16)17/h3-7H2,1-2H3,(H,16,17)(H2,12,13,18). The molecule has 7 heteroatoms. The fourth-order valence-corrected chi connectivity index (χ4v) is 1.84. The smallest absolute Gasteiger partial charge is 0.315 e. The lowest BCUT2D eigenvalue weighted by molar-refractivity contribution is -0.139. The number of carboxylic acids is 1. The van der Waals surface area contributed by atoms with Crippen LogP contribution in [0.3, 0.4) is 0 Å². The van der Waals surface area contributed by atoms with E-state index >= 15 is 0 Å². The van der Waals surface area contributed by atoms with Crippen LogP contribution < -0.4 is 10.6 Å². The van der Waals surface area contributed by atoms with Gasteiger partial charge in [0.25, 0.3) is 0 Å². The topological polar surface area (TPSA) is 98.7 Å². The van der Waals surface area contributed by atoms with Crippen molar-refractivity contribution in [3.63, 3.8) is 0 Å². The van der Waals surface area contributed by atoms with E-state index < -0.39 is 17.5 Å². The zero-order valence-corrected chi connectivity index (χ0v) is 10.7. The SMILES string of the molecule is CN(C)C(=O)CNC(=O)NC1(CC(=O)O)CCC1. The minimum atomic E-state index is -0.931. The molecule has 1 aliphatic carbocycles. The number of amides is 3. The van der Waals surface area contributed by atoms with Gasteiger partial charge in [0.1, 0.15) is 0 Å². The van der Waals surface area contributed by atoms with Crippen LogP contribution in [-0.4, -0.2) is 54.1 Å². The summed E-state index contributed by atoms with van der Waals surface area (Å²) in [6.45, 7) is -0.0953. The Morgan fingerprint density at radius 1 is 1.28 bits per heavy atom. The van der Waals surface area contributed by atoms with Gasteiger partial charge in [0.2, 0.25) is 5.91 Å². The number of rotatable bonds is 5. The van der Waals surface area contributed by atoms with Crippen molar-refractivity contribution in [3.05, 3.63) is 0 Å². The van der Waals surface area contributed by atoms with Crippen LogP contribution in [0.25, 0.3) is 0 Å². The van der Waals surface area contributed by atoms with Gasteiger partial charge in [-0.1, -0.05) is 0 Å². The average molecular weight is 257 g/mol. The second-order valence-electron chi connectivity index (χ2n) is 4.80. The number of nitrogens with zero attached hydrogens (tertiary/aromatic N) is 1. The minimum absolute atomic E-state index is 0.0813. The molecule has 0 atom stereocenters. The highest BCUT2D eigenvalue weighted by Gasteiger charge is 2.40. The van der Waals surface area contributed by atoms with Gasteiger partial charge in [0.05, 0.1) is 18.5 Å². The quantitative estimate of drug-likeness (QED) is 0.633. The molecule has 0 saturated heterocycles. The zero-order valence-electron chi connectivity index (χ0n) is 10.7. The highest BCUT2D eigenvalue weighted by Crippen LogP contribution is 2.34. The Kier molecular flexibility index (Phi) is 4.52. The lowest BCUT2D eigenvalue weighted by Gasteiger charge is -2.41. The number of hydrogen-bond donors (Lipinski definition) is 3. The number of carbonyl (C=O) groups is 3. The molecule has 1 aliphatic rings. The fraction of sp³-hybridized carbons (Fsp3) is 0.727. The summed E-state index contributed by atoms with van der Waals surface area (Å²) < 4.78 is 0. The van der Waals surface area contributed by atoms with Gasteiger partial charge in [0.15, 0.2) is 0 Å². The summed E-state index contributed by atoms with van der Waals surface area (Å²) in [5.74, 6) is -1.15. The van der Waals surface area contributed by atoms with Gasteiger partial charge in [-0.25, -0.2) is 4.79 Å². The van der Waals surface area contributed by atoms with E-state index in [-0.39, 0.29) is 18.9 Å². The van der Waals surface area contributed by atoms with Crippen molar-refractivity contribution in [3.8, 4) is 0 Å². The van der Waals surface area contributed by atoms with Crippen LogP contribution in [0, 0.1) is 0 Å². The number of hydrogen-bond acceptors (Lipinski definition) is 3. The second kappa shape index (κ2) is 5.70. The van der Waals surface area contributed by atoms with Crippen molar-refractivity contribution in [2.24, 2.45) is 0 Å². The third-order valence-corrected chi connectivity index (χ3v) is 3.08. The molecule has 0 heterocycles. The fourth-order valence-electron chi connectivity index (χ4n) is 1.84. The van der Waals surface area contributed by atoms with E-state index in [0.29, 0.717) is 12.8 Å². The summed E-state index contributed by atoms with van der Waals surface area (Å²) in [5.41, 5.74) is -0.642. The Labute approximate surface area is 106 Å². The Hall–Kier alpha value is -1.79. The Balaban J connectivity index is 2.39. The molecule has 0 aliphatic heterocycles. The van der Waals surface area contributed by atoms with Gasteiger partial charge in [-0.2, -0.15) is 0 Å². The molecule has 1 saturated carbocycles. The lowest BCUT2D eigenvalue weighted by Crippen LogP contribution is -2.58. The first-order chi connectivity index (χ1) is 8.34. The van der Waals surface area contributed by atoms with Crippen molar-refractivity contribution in [2.75, 3.05) is 20.6 Å². The van der Waals surface area contributed by atoms with Gasteiger partial charge in [-0.3, -0.25) is 9.59 Å². The largest absolute Gasteiger partial charge is 0.481 e. The van der Waals surface area contributed by atoms with Crippen LogP contribution in [0.4, 0.5) is 4.79 Å². The van der Waals surface area contributed by atoms with E-state index in [1.807, 2.05) is 0 Å². The van der Waals surface area contributed by atoms with E-state index in [0.717, 1.165) is 6.42 Å². The summed E-state index contributed by atoms with van der Waals surface area (Å²) in [5, 5.41) is 13.9. The molecule has 3 amide bonds. The van der Waals surface area contributed by atoms with E-state index in [1.165, 1.54) is 4.90 Å². The number of carbonyl (C=O) groups excluding carboxylic acids is 2. The van der Waals surface area contributed by atoms with Gasteiger partial charge in [-0.15, -0.1) is 0 Å². The zero-order chi connectivity index (χ0) is 13.8. The molecule has 7 nitrogen and oxygen atoms in total. The number of nitrogens with one attached hydrogen (secondary N) is 2. The maximum absolute atomic E-state index is 11.6. The summed E-state index contributed by atoms with van der Waals surface area (Å²) in [7, 11) is 3.19. The van der Waals surface area contributed by atoms with Gasteiger partial charge < -0.3 is 20.6 Å². The van der Waals surface area contributed by atoms with Crippen LogP contribution in [0.5, 0.6) is 0 Å².